The molecule has 6 nitrogen and oxygen atoms in total. The number of imidazole rings is 1. The number of carbonyl (C=O) groups excluding carboxylic acids is 1. The van der Waals surface area contributed by atoms with Crippen LogP contribution in [-0.4, -0.2) is 55.2 Å². The highest BCUT2D eigenvalue weighted by Crippen LogP contribution is 2.33. The summed E-state index contributed by atoms with van der Waals surface area (Å²) in [6.45, 7) is 2.07. The third-order valence-electron chi connectivity index (χ3n) is 7.26. The monoisotopic (exact) mass is 489 g/mol. The molecule has 2 bridgehead atoms. The van der Waals surface area contributed by atoms with Crippen LogP contribution in [0.4, 0.5) is 4.39 Å². The first-order chi connectivity index (χ1) is 17.1. The van der Waals surface area contributed by atoms with Gasteiger partial charge in [0.05, 0.1) is 22.0 Å². The zero-order chi connectivity index (χ0) is 23.9. The van der Waals surface area contributed by atoms with E-state index in [0.29, 0.717) is 24.2 Å². The Bertz CT molecular complexity index is 1390. The van der Waals surface area contributed by atoms with Gasteiger partial charge in [0.15, 0.2) is 0 Å². The number of amides is 1. The lowest BCUT2D eigenvalue weighted by molar-refractivity contribution is 0.0599. The number of pyridine rings is 2. The lowest BCUT2D eigenvalue weighted by atomic mass is 9.98. The van der Waals surface area contributed by atoms with E-state index in [4.69, 9.17) is 16.6 Å². The van der Waals surface area contributed by atoms with E-state index in [2.05, 4.69) is 14.3 Å². The molecule has 0 saturated carbocycles. The number of benzene rings is 1. The van der Waals surface area contributed by atoms with E-state index in [1.165, 1.54) is 6.07 Å². The average molecular weight is 490 g/mol. The van der Waals surface area contributed by atoms with Gasteiger partial charge in [-0.15, -0.1) is 0 Å². The van der Waals surface area contributed by atoms with Crippen molar-refractivity contribution in [3.05, 3.63) is 89.1 Å². The van der Waals surface area contributed by atoms with Gasteiger partial charge in [0.1, 0.15) is 17.2 Å². The van der Waals surface area contributed by atoms with Gasteiger partial charge < -0.3 is 9.30 Å². The quantitative estimate of drug-likeness (QED) is 0.401. The number of hydrogen-bond donors (Lipinski definition) is 0. The van der Waals surface area contributed by atoms with Crippen LogP contribution in [0.1, 0.15) is 35.3 Å². The lowest BCUT2D eigenvalue weighted by Crippen LogP contribution is -2.48. The minimum Gasteiger partial charge on any atom is -0.334 e. The maximum Gasteiger partial charge on any atom is 0.257 e. The number of hydrogen-bond acceptors (Lipinski definition) is 4. The van der Waals surface area contributed by atoms with E-state index in [-0.39, 0.29) is 17.5 Å². The minimum atomic E-state index is -0.459. The molecule has 4 aromatic rings. The summed E-state index contributed by atoms with van der Waals surface area (Å²) in [4.78, 5) is 27.0. The van der Waals surface area contributed by atoms with Gasteiger partial charge in [-0.05, 0) is 55.7 Å². The maximum atomic E-state index is 14.4. The number of carbonyl (C=O) groups is 1. The van der Waals surface area contributed by atoms with Crippen molar-refractivity contribution in [2.24, 2.45) is 0 Å². The Labute approximate surface area is 208 Å². The van der Waals surface area contributed by atoms with E-state index >= 15 is 0 Å². The fourth-order valence-electron chi connectivity index (χ4n) is 5.49. The van der Waals surface area contributed by atoms with Crippen molar-refractivity contribution in [2.75, 3.05) is 13.1 Å². The largest absolute Gasteiger partial charge is 0.334 e. The molecular weight excluding hydrogens is 465 g/mol. The second-order valence-corrected chi connectivity index (χ2v) is 9.72. The zero-order valence-corrected chi connectivity index (χ0v) is 19.9. The maximum absolute atomic E-state index is 14.4. The second kappa shape index (κ2) is 9.06. The van der Waals surface area contributed by atoms with Crippen LogP contribution in [0, 0.1) is 5.82 Å². The summed E-state index contributed by atoms with van der Waals surface area (Å²) in [6.07, 6.45) is 6.48. The van der Waals surface area contributed by atoms with Crippen LogP contribution in [0.5, 0.6) is 0 Å². The van der Waals surface area contributed by atoms with Crippen molar-refractivity contribution in [2.45, 2.75) is 37.9 Å². The summed E-state index contributed by atoms with van der Waals surface area (Å²) in [6, 6.07) is 16.4. The van der Waals surface area contributed by atoms with Crippen molar-refractivity contribution in [3.63, 3.8) is 0 Å². The Balaban J connectivity index is 1.31. The summed E-state index contributed by atoms with van der Waals surface area (Å²) in [7, 11) is 0. The van der Waals surface area contributed by atoms with Gasteiger partial charge in [-0.1, -0.05) is 29.8 Å². The normalized spacial score (nSPS) is 20.3. The van der Waals surface area contributed by atoms with E-state index in [9.17, 15) is 9.18 Å². The van der Waals surface area contributed by atoms with Gasteiger partial charge in [0.2, 0.25) is 0 Å². The molecule has 0 N–H and O–H groups in total. The Morgan fingerprint density at radius 2 is 1.86 bits per heavy atom. The van der Waals surface area contributed by atoms with Gasteiger partial charge >= 0.3 is 0 Å². The van der Waals surface area contributed by atoms with E-state index in [0.717, 1.165) is 48.5 Å². The van der Waals surface area contributed by atoms with E-state index < -0.39 is 5.82 Å². The third kappa shape index (κ3) is 4.09. The number of fused-ring (bicyclic) bond motifs is 5. The molecule has 0 aliphatic carbocycles. The molecule has 1 aromatic carbocycles. The first kappa shape index (κ1) is 22.2. The van der Waals surface area contributed by atoms with Crippen molar-refractivity contribution >= 4 is 23.2 Å². The molecule has 178 valence electrons. The second-order valence-electron chi connectivity index (χ2n) is 9.28. The van der Waals surface area contributed by atoms with Crippen LogP contribution < -0.4 is 0 Å². The van der Waals surface area contributed by atoms with Gasteiger partial charge in [-0.25, -0.2) is 9.37 Å². The van der Waals surface area contributed by atoms with Crippen molar-refractivity contribution in [1.29, 1.82) is 0 Å². The molecule has 3 saturated heterocycles. The van der Waals surface area contributed by atoms with Crippen LogP contribution >= 0.6 is 11.6 Å². The van der Waals surface area contributed by atoms with Crippen LogP contribution in [0.2, 0.25) is 5.02 Å². The molecule has 6 heterocycles. The van der Waals surface area contributed by atoms with Crippen LogP contribution in [-0.2, 0) is 6.54 Å². The summed E-state index contributed by atoms with van der Waals surface area (Å²) < 4.78 is 16.5. The Morgan fingerprint density at radius 1 is 1.03 bits per heavy atom. The Kier molecular flexibility index (Phi) is 5.74. The summed E-state index contributed by atoms with van der Waals surface area (Å²) in [5.41, 5.74) is 3.71. The highest BCUT2D eigenvalue weighted by atomic mass is 35.5. The standard InChI is InChI=1S/C27H25ClFN5O/c28-18-8-11-23(30-15-18)26-24(34-13-4-3-7-25(34)31-26)17-32-16-20-10-9-19(32)12-14-33(20)27(35)21-5-1-2-6-22(21)29/h1-8,11,13,15,19-20H,9-10,12,14,16-17H2. The first-order valence-corrected chi connectivity index (χ1v) is 12.3. The average Bonchev–Trinajstić information content (AvgIpc) is 3.00. The molecule has 3 fully saturated rings. The summed E-state index contributed by atoms with van der Waals surface area (Å²) >= 11 is 6.08. The van der Waals surface area contributed by atoms with Crippen molar-refractivity contribution < 1.29 is 9.18 Å². The minimum absolute atomic E-state index is 0.0529. The SMILES string of the molecule is O=C(c1ccccc1F)N1CCC2CCC1CN2Cc1c(-c2ccc(Cl)cn2)nc2ccccn12. The molecule has 2 unspecified atom stereocenters. The molecule has 35 heavy (non-hydrogen) atoms. The molecule has 7 rings (SSSR count). The van der Waals surface area contributed by atoms with Gasteiger partial charge in [0, 0.05) is 44.1 Å². The first-order valence-electron chi connectivity index (χ1n) is 12.0. The number of halogens is 2. The Morgan fingerprint density at radius 3 is 2.69 bits per heavy atom. The molecule has 0 spiro atoms. The van der Waals surface area contributed by atoms with Crippen molar-refractivity contribution in [1.82, 2.24) is 24.2 Å². The summed E-state index contributed by atoms with van der Waals surface area (Å²) in [5.74, 6) is -0.671. The molecule has 8 heteroatoms. The molecule has 1 amide bonds. The summed E-state index contributed by atoms with van der Waals surface area (Å²) in [5, 5.41) is 0.587. The molecule has 2 atom stereocenters. The van der Waals surface area contributed by atoms with Crippen LogP contribution in [0.3, 0.4) is 0 Å². The number of piperidine rings is 1. The third-order valence-corrected chi connectivity index (χ3v) is 7.48. The van der Waals surface area contributed by atoms with Crippen LogP contribution in [0.15, 0.2) is 67.0 Å². The van der Waals surface area contributed by atoms with Gasteiger partial charge in [0.25, 0.3) is 5.91 Å². The topological polar surface area (TPSA) is 53.7 Å². The van der Waals surface area contributed by atoms with E-state index in [1.54, 1.807) is 24.4 Å². The van der Waals surface area contributed by atoms with Gasteiger partial charge in [-0.2, -0.15) is 0 Å². The molecule has 3 aliphatic heterocycles. The number of nitrogens with zero attached hydrogens (tertiary/aromatic N) is 5. The lowest BCUT2D eigenvalue weighted by Gasteiger charge is -2.38. The van der Waals surface area contributed by atoms with Crippen molar-refractivity contribution in [3.8, 4) is 11.4 Å². The van der Waals surface area contributed by atoms with E-state index in [1.807, 2.05) is 41.4 Å². The highest BCUT2D eigenvalue weighted by Gasteiger charge is 2.39. The molecule has 3 aromatic heterocycles. The molecular formula is C27H25ClFN5O. The number of rotatable bonds is 4. The predicted molar refractivity (Wildman–Crippen MR) is 133 cm³/mol. The number of aromatic nitrogens is 3. The highest BCUT2D eigenvalue weighted by molar-refractivity contribution is 6.30. The fourth-order valence-corrected chi connectivity index (χ4v) is 5.60. The molecule has 0 radical (unpaired) electrons. The zero-order valence-electron chi connectivity index (χ0n) is 19.1. The smallest absolute Gasteiger partial charge is 0.257 e. The molecule has 3 aliphatic rings. The Hall–Kier alpha value is -3.29. The van der Waals surface area contributed by atoms with Gasteiger partial charge in [-0.3, -0.25) is 14.7 Å². The predicted octanol–water partition coefficient (Wildman–Crippen LogP) is 5.07. The fraction of sp³-hybridized carbons (Fsp3) is 0.296. The van der Waals surface area contributed by atoms with Crippen LogP contribution in [0.25, 0.3) is 17.0 Å².